The average Bonchev–Trinajstić information content (AvgIpc) is 2.29. The van der Waals surface area contributed by atoms with Crippen molar-refractivity contribution in [1.29, 1.82) is 0 Å². The Morgan fingerprint density at radius 3 is 1.48 bits per heavy atom. The van der Waals surface area contributed by atoms with Gasteiger partial charge in [-0.25, -0.2) is 4.79 Å². The fourth-order valence-electron chi connectivity index (χ4n) is 8.80. The highest BCUT2D eigenvalue weighted by Crippen LogP contribution is 2.20. The number of aliphatic carboxylic acids is 4. The van der Waals surface area contributed by atoms with Gasteiger partial charge in [-0.3, -0.25) is 57.7 Å². The van der Waals surface area contributed by atoms with Gasteiger partial charge < -0.3 is 90.3 Å². The van der Waals surface area contributed by atoms with Crippen molar-refractivity contribution in [1.82, 2.24) is 47.5 Å². The lowest BCUT2D eigenvalue weighted by atomic mass is 9.99. The molecule has 0 aliphatic carbocycles. The number of hydrogen-bond acceptors (Lipinski definition) is 15. The highest BCUT2D eigenvalue weighted by atomic mass is 16.4. The van der Waals surface area contributed by atoms with Gasteiger partial charge in [-0.05, 0) is 74.5 Å². The molecule has 86 heavy (non-hydrogen) atoms. The largest absolute Gasteiger partial charge is 0.481 e. The Labute approximate surface area is 495 Å². The van der Waals surface area contributed by atoms with E-state index in [1.54, 1.807) is 88.5 Å². The van der Waals surface area contributed by atoms with Crippen LogP contribution in [0.5, 0.6) is 0 Å². The summed E-state index contributed by atoms with van der Waals surface area (Å²) in [6.45, 7) is 7.63. The van der Waals surface area contributed by atoms with Gasteiger partial charge in [0, 0.05) is 55.7 Å². The van der Waals surface area contributed by atoms with E-state index in [9.17, 15) is 78.0 Å². The van der Waals surface area contributed by atoms with Crippen LogP contribution in [0.2, 0.25) is 0 Å². The number of H-pyrrole nitrogens is 1. The van der Waals surface area contributed by atoms with Crippen LogP contribution in [-0.2, 0) is 70.4 Å². The molecular weight excluding hydrogens is 1130 g/mol. The SMILES string of the molecule is CC(C)C[C@H](NC(=O)[C@H](CCCN=C(N)N)NC(=O)[C@H](Cc1c[nH]c2ccccc12)NC(=O)[C@@H](NC(=O)[C@@H](NC(=O)[C@@H](N)CCC(=O)O)[C@@H](C)O)C(C)C)C(=O)N[C@@H](CCC(=O)O)C(=O)N[C@@H](CCC(=O)O)C(=O)N[C@@H](Cc1ccccc1)C(=O)O. The van der Waals surface area contributed by atoms with Crippen LogP contribution in [-0.4, -0.2) is 175 Å². The van der Waals surface area contributed by atoms with E-state index in [0.717, 1.165) is 0 Å². The molecule has 3 rings (SSSR count). The molecule has 2 aromatic carbocycles. The zero-order chi connectivity index (χ0) is 64.4. The normalized spacial score (nSPS) is 14.7. The second kappa shape index (κ2) is 35.2. The summed E-state index contributed by atoms with van der Waals surface area (Å²) in [5.41, 5.74) is 18.7. The summed E-state index contributed by atoms with van der Waals surface area (Å²) in [6.07, 6.45) is -3.99. The van der Waals surface area contributed by atoms with Gasteiger partial charge in [0.2, 0.25) is 47.3 Å². The number of rotatable bonds is 38. The van der Waals surface area contributed by atoms with Crippen molar-refractivity contribution in [2.24, 2.45) is 34.0 Å². The van der Waals surface area contributed by atoms with Crippen molar-refractivity contribution in [2.45, 2.75) is 166 Å². The van der Waals surface area contributed by atoms with Gasteiger partial charge in [-0.2, -0.15) is 0 Å². The number of guanidine groups is 1. The van der Waals surface area contributed by atoms with Gasteiger partial charge >= 0.3 is 23.9 Å². The summed E-state index contributed by atoms with van der Waals surface area (Å²) >= 11 is 0. The molecule has 1 heterocycles. The Balaban J connectivity index is 2.00. The van der Waals surface area contributed by atoms with Crippen molar-refractivity contribution in [3.63, 3.8) is 0 Å². The summed E-state index contributed by atoms with van der Waals surface area (Å²) in [5.74, 6) is -15.0. The standard InChI is InChI=1S/C56H81N13O17/c1-28(2)24-39(51(81)64-37(18-21-43(73)74)49(79)63-38(19-22-44(75)76)50(80)67-41(55(85)86)25-31-12-7-6-8-13-31)65-48(78)36(16-11-23-60-56(58)59)62-52(82)40(26-32-27-61-35-15-10-9-14-33(32)35)66-53(83)45(29(3)4)68-54(84)46(30(5)70)69-47(77)34(57)17-20-42(71)72/h6-10,12-15,27-30,34,36-41,45-46,61,70H,11,16-26,57H2,1-5H3,(H,62,82)(H,63,79)(H,64,81)(H,65,78)(H,66,83)(H,67,80)(H,68,84)(H,69,77)(H,71,72)(H,73,74)(H,75,76)(H,85,86)(H4,58,59,60)/t30-,34+,36+,37+,38+,39+,40+,41+,45+,46+/m1/s1. The van der Waals surface area contributed by atoms with Gasteiger partial charge in [0.15, 0.2) is 5.96 Å². The van der Waals surface area contributed by atoms with E-state index < -0.39 is 170 Å². The minimum Gasteiger partial charge on any atom is -0.481 e. The lowest BCUT2D eigenvalue weighted by molar-refractivity contribution is -0.143. The van der Waals surface area contributed by atoms with E-state index in [4.69, 9.17) is 22.3 Å². The van der Waals surface area contributed by atoms with Crippen LogP contribution in [0, 0.1) is 11.8 Å². The Kier molecular flexibility index (Phi) is 29.1. The van der Waals surface area contributed by atoms with Crippen LogP contribution in [0.1, 0.15) is 104 Å². The number of nitrogens with zero attached hydrogens (tertiary/aromatic N) is 1. The van der Waals surface area contributed by atoms with Crippen LogP contribution in [0.4, 0.5) is 0 Å². The van der Waals surface area contributed by atoms with Gasteiger partial charge in [0.05, 0.1) is 12.1 Å². The molecule has 8 amide bonds. The number of nitrogens with two attached hydrogens (primary N) is 3. The number of para-hydroxylation sites is 1. The smallest absolute Gasteiger partial charge is 0.326 e. The molecule has 30 heteroatoms. The van der Waals surface area contributed by atoms with Gasteiger partial charge in [-0.1, -0.05) is 76.2 Å². The number of aromatic nitrogens is 1. The molecule has 0 spiro atoms. The quantitative estimate of drug-likeness (QED) is 0.0167. The maximum Gasteiger partial charge on any atom is 0.326 e. The first-order valence-corrected chi connectivity index (χ1v) is 27.9. The number of carboxylic acids is 4. The molecule has 20 N–H and O–H groups in total. The van der Waals surface area contributed by atoms with Crippen molar-refractivity contribution in [2.75, 3.05) is 6.54 Å². The van der Waals surface area contributed by atoms with Gasteiger partial charge in [-0.15, -0.1) is 0 Å². The third kappa shape index (κ3) is 24.6. The molecule has 472 valence electrons. The Morgan fingerprint density at radius 2 is 0.965 bits per heavy atom. The van der Waals surface area contributed by atoms with Crippen molar-refractivity contribution >= 4 is 88.0 Å². The number of fused-ring (bicyclic) bond motifs is 1. The summed E-state index contributed by atoms with van der Waals surface area (Å²) < 4.78 is 0. The number of amides is 8. The lowest BCUT2D eigenvalue weighted by Gasteiger charge is -2.29. The molecular formula is C56H81N13O17. The topological polar surface area (TPSA) is 508 Å². The number of carbonyl (C=O) groups excluding carboxylic acids is 8. The maximum atomic E-state index is 14.8. The first-order chi connectivity index (χ1) is 40.5. The Bertz CT molecular complexity index is 2880. The van der Waals surface area contributed by atoms with Crippen molar-refractivity contribution < 1.29 is 83.1 Å². The van der Waals surface area contributed by atoms with Crippen LogP contribution in [0.15, 0.2) is 65.8 Å². The first-order valence-electron chi connectivity index (χ1n) is 27.9. The third-order valence-electron chi connectivity index (χ3n) is 13.4. The summed E-state index contributed by atoms with van der Waals surface area (Å²) in [4.78, 5) is 166. The monoisotopic (exact) mass is 1210 g/mol. The second-order valence-corrected chi connectivity index (χ2v) is 21.4. The molecule has 0 radical (unpaired) electrons. The van der Waals surface area contributed by atoms with E-state index >= 15 is 0 Å². The molecule has 0 aliphatic rings. The summed E-state index contributed by atoms with van der Waals surface area (Å²) in [7, 11) is 0. The number of nitrogens with one attached hydrogen (secondary N) is 9. The molecule has 0 unspecified atom stereocenters. The van der Waals surface area contributed by atoms with E-state index in [0.29, 0.717) is 22.0 Å². The number of aromatic amines is 1. The third-order valence-corrected chi connectivity index (χ3v) is 13.4. The molecule has 0 aliphatic heterocycles. The van der Waals surface area contributed by atoms with Crippen molar-refractivity contribution in [3.8, 4) is 0 Å². The van der Waals surface area contributed by atoms with Gasteiger partial charge in [0.1, 0.15) is 48.3 Å². The number of carboxylic acid groups (broad SMARTS) is 4. The van der Waals surface area contributed by atoms with E-state index in [1.807, 2.05) is 0 Å². The van der Waals surface area contributed by atoms with E-state index in [-0.39, 0.29) is 56.9 Å². The zero-order valence-corrected chi connectivity index (χ0v) is 48.5. The second-order valence-electron chi connectivity index (χ2n) is 21.4. The van der Waals surface area contributed by atoms with Crippen molar-refractivity contribution in [3.05, 3.63) is 71.9 Å². The molecule has 10 atom stereocenters. The van der Waals surface area contributed by atoms with Crippen LogP contribution in [0.25, 0.3) is 10.9 Å². The minimum absolute atomic E-state index is 0.0389. The summed E-state index contributed by atoms with van der Waals surface area (Å²) in [5, 5.41) is 69.1. The highest BCUT2D eigenvalue weighted by Gasteiger charge is 2.37. The van der Waals surface area contributed by atoms with Gasteiger partial charge in [0.25, 0.3) is 0 Å². The number of carbonyl (C=O) groups is 12. The number of aliphatic imine (C=N–C) groups is 1. The predicted octanol–water partition coefficient (Wildman–Crippen LogP) is -2.03. The number of aliphatic hydroxyl groups excluding tert-OH is 1. The molecule has 0 fully saturated rings. The fraction of sp³-hybridized carbons (Fsp3) is 0.518. The number of hydrogen-bond donors (Lipinski definition) is 17. The summed E-state index contributed by atoms with van der Waals surface area (Å²) in [6, 6.07) is 1.13. The van der Waals surface area contributed by atoms with E-state index in [2.05, 4.69) is 52.5 Å². The highest BCUT2D eigenvalue weighted by molar-refractivity contribution is 5.99. The van der Waals surface area contributed by atoms with Crippen LogP contribution in [0.3, 0.4) is 0 Å². The fourth-order valence-corrected chi connectivity index (χ4v) is 8.80. The molecule has 0 bridgehead atoms. The zero-order valence-electron chi connectivity index (χ0n) is 48.5. The number of benzene rings is 2. The molecule has 1 aromatic heterocycles. The van der Waals surface area contributed by atoms with Crippen LogP contribution < -0.4 is 59.7 Å². The minimum atomic E-state index is -1.75. The first kappa shape index (κ1) is 71.1. The molecule has 30 nitrogen and oxygen atoms in total. The predicted molar refractivity (Wildman–Crippen MR) is 310 cm³/mol. The average molecular weight is 1210 g/mol. The maximum absolute atomic E-state index is 14.8. The Hall–Kier alpha value is -9.19. The molecule has 0 saturated carbocycles. The van der Waals surface area contributed by atoms with Crippen LogP contribution >= 0.6 is 0 Å². The molecule has 0 saturated heterocycles. The Morgan fingerprint density at radius 1 is 0.512 bits per heavy atom. The molecule has 3 aromatic rings. The number of aliphatic hydroxyl groups is 1. The lowest BCUT2D eigenvalue weighted by Crippen LogP contribution is -2.62. The van der Waals surface area contributed by atoms with E-state index in [1.165, 1.54) is 6.92 Å².